The van der Waals surface area contributed by atoms with Gasteiger partial charge in [0, 0.05) is 23.5 Å². The van der Waals surface area contributed by atoms with Gasteiger partial charge in [0.2, 0.25) is 0 Å². The number of ether oxygens (including phenoxy) is 2. The number of nitrogens with zero attached hydrogens (tertiary/aromatic N) is 2. The molecule has 0 bridgehead atoms. The molecule has 0 aliphatic carbocycles. The molecule has 1 aromatic carbocycles. The van der Waals surface area contributed by atoms with Crippen LogP contribution < -0.4 is 9.47 Å². The van der Waals surface area contributed by atoms with E-state index in [0.717, 1.165) is 11.1 Å². The van der Waals surface area contributed by atoms with Crippen LogP contribution in [0, 0.1) is 0 Å². The van der Waals surface area contributed by atoms with Gasteiger partial charge >= 0.3 is 6.01 Å². The predicted octanol–water partition coefficient (Wildman–Crippen LogP) is 2.36. The Kier molecular flexibility index (Phi) is 3.75. The van der Waals surface area contributed by atoms with Gasteiger partial charge < -0.3 is 9.47 Å². The van der Waals surface area contributed by atoms with Crippen LogP contribution in [0.25, 0.3) is 11.1 Å². The normalized spacial score (nSPS) is 10.1. The van der Waals surface area contributed by atoms with Gasteiger partial charge in [-0.25, -0.2) is 9.97 Å². The molecule has 1 aromatic heterocycles. The summed E-state index contributed by atoms with van der Waals surface area (Å²) >= 11 is 0. The standard InChI is InChI=1S/C14H14N2O3/c1-9(17)13-6-11(18-2)4-5-12(13)10-7-15-14(19-3)16-8-10/h4-8H,1-3H3. The van der Waals surface area contributed by atoms with E-state index in [2.05, 4.69) is 9.97 Å². The fraction of sp³-hybridized carbons (Fsp3) is 0.214. The number of hydrogen-bond acceptors (Lipinski definition) is 5. The van der Waals surface area contributed by atoms with Crippen molar-refractivity contribution in [2.24, 2.45) is 0 Å². The second kappa shape index (κ2) is 5.48. The molecule has 2 rings (SSSR count). The number of hydrogen-bond donors (Lipinski definition) is 0. The third kappa shape index (κ3) is 2.70. The fourth-order valence-corrected chi connectivity index (χ4v) is 1.75. The Morgan fingerprint density at radius 3 is 2.32 bits per heavy atom. The molecule has 0 fully saturated rings. The van der Waals surface area contributed by atoms with Crippen molar-refractivity contribution < 1.29 is 14.3 Å². The molecule has 0 radical (unpaired) electrons. The Balaban J connectivity index is 2.50. The minimum absolute atomic E-state index is 0.0373. The summed E-state index contributed by atoms with van der Waals surface area (Å²) in [5.74, 6) is 0.605. The molecule has 0 unspecified atom stereocenters. The number of ketones is 1. The van der Waals surface area contributed by atoms with Crippen molar-refractivity contribution in [1.29, 1.82) is 0 Å². The van der Waals surface area contributed by atoms with E-state index in [1.165, 1.54) is 14.0 Å². The van der Waals surface area contributed by atoms with Gasteiger partial charge in [0.15, 0.2) is 5.78 Å². The molecule has 2 aromatic rings. The highest BCUT2D eigenvalue weighted by atomic mass is 16.5. The summed E-state index contributed by atoms with van der Waals surface area (Å²) in [6, 6.07) is 5.62. The lowest BCUT2D eigenvalue weighted by Crippen LogP contribution is -1.99. The molecular weight excluding hydrogens is 244 g/mol. The molecule has 5 heteroatoms. The molecule has 0 amide bonds. The molecule has 98 valence electrons. The topological polar surface area (TPSA) is 61.3 Å². The number of Topliss-reactive ketones (excluding diaryl/α,β-unsaturated/α-hetero) is 1. The molecule has 0 aliphatic heterocycles. The molecular formula is C14H14N2O3. The van der Waals surface area contributed by atoms with E-state index in [4.69, 9.17) is 9.47 Å². The Morgan fingerprint density at radius 1 is 1.11 bits per heavy atom. The molecule has 5 nitrogen and oxygen atoms in total. The largest absolute Gasteiger partial charge is 0.497 e. The number of carbonyl (C=O) groups is 1. The summed E-state index contributed by atoms with van der Waals surface area (Å²) in [6.45, 7) is 1.52. The van der Waals surface area contributed by atoms with Gasteiger partial charge in [-0.05, 0) is 30.7 Å². The SMILES string of the molecule is COc1ccc(-c2cnc(OC)nc2)c(C(C)=O)c1. The fourth-order valence-electron chi connectivity index (χ4n) is 1.75. The van der Waals surface area contributed by atoms with Crippen LogP contribution in [0.15, 0.2) is 30.6 Å². The maximum atomic E-state index is 11.7. The Labute approximate surface area is 111 Å². The highest BCUT2D eigenvalue weighted by Gasteiger charge is 2.11. The summed E-state index contributed by atoms with van der Waals surface area (Å²) in [5, 5.41) is 0. The minimum atomic E-state index is -0.0373. The van der Waals surface area contributed by atoms with Crippen LogP contribution in [0.1, 0.15) is 17.3 Å². The summed E-state index contributed by atoms with van der Waals surface area (Å²) in [6.07, 6.45) is 3.25. The average Bonchev–Trinajstić information content (AvgIpc) is 2.46. The zero-order valence-electron chi connectivity index (χ0n) is 11.0. The van der Waals surface area contributed by atoms with Gasteiger partial charge in [-0.1, -0.05) is 0 Å². The smallest absolute Gasteiger partial charge is 0.316 e. The van der Waals surface area contributed by atoms with E-state index in [0.29, 0.717) is 17.3 Å². The van der Waals surface area contributed by atoms with Crippen LogP contribution >= 0.6 is 0 Å². The third-order valence-corrected chi connectivity index (χ3v) is 2.73. The van der Waals surface area contributed by atoms with Gasteiger partial charge in [-0.3, -0.25) is 4.79 Å². The first kappa shape index (κ1) is 13.0. The molecule has 0 atom stereocenters. The number of methoxy groups -OCH3 is 2. The summed E-state index contributed by atoms with van der Waals surface area (Å²) < 4.78 is 10.0. The van der Waals surface area contributed by atoms with Crippen molar-refractivity contribution >= 4 is 5.78 Å². The van der Waals surface area contributed by atoms with Gasteiger partial charge in [-0.2, -0.15) is 0 Å². The monoisotopic (exact) mass is 258 g/mol. The van der Waals surface area contributed by atoms with Crippen molar-refractivity contribution in [2.45, 2.75) is 6.92 Å². The van der Waals surface area contributed by atoms with Crippen molar-refractivity contribution in [2.75, 3.05) is 14.2 Å². The second-order valence-corrected chi connectivity index (χ2v) is 3.93. The maximum Gasteiger partial charge on any atom is 0.316 e. The Bertz CT molecular complexity index is 594. The predicted molar refractivity (Wildman–Crippen MR) is 70.6 cm³/mol. The van der Waals surface area contributed by atoms with Crippen LogP contribution in [0.3, 0.4) is 0 Å². The molecule has 1 heterocycles. The van der Waals surface area contributed by atoms with Gasteiger partial charge in [0.05, 0.1) is 14.2 Å². The van der Waals surface area contributed by atoms with Crippen molar-refractivity contribution in [3.8, 4) is 22.9 Å². The lowest BCUT2D eigenvalue weighted by molar-refractivity contribution is 0.101. The van der Waals surface area contributed by atoms with Crippen molar-refractivity contribution in [3.05, 3.63) is 36.2 Å². The van der Waals surface area contributed by atoms with Gasteiger partial charge in [0.1, 0.15) is 5.75 Å². The van der Waals surface area contributed by atoms with E-state index in [1.807, 2.05) is 6.07 Å². The second-order valence-electron chi connectivity index (χ2n) is 3.93. The minimum Gasteiger partial charge on any atom is -0.497 e. The van der Waals surface area contributed by atoms with Crippen LogP contribution in [-0.2, 0) is 0 Å². The third-order valence-electron chi connectivity index (χ3n) is 2.73. The van der Waals surface area contributed by atoms with E-state index in [9.17, 15) is 4.79 Å². The lowest BCUT2D eigenvalue weighted by atomic mass is 9.99. The van der Waals surface area contributed by atoms with E-state index < -0.39 is 0 Å². The molecule has 19 heavy (non-hydrogen) atoms. The van der Waals surface area contributed by atoms with E-state index in [-0.39, 0.29) is 5.78 Å². The first-order valence-electron chi connectivity index (χ1n) is 5.71. The maximum absolute atomic E-state index is 11.7. The number of rotatable bonds is 4. The van der Waals surface area contributed by atoms with Crippen LogP contribution in [0.5, 0.6) is 11.8 Å². The molecule has 0 spiro atoms. The van der Waals surface area contributed by atoms with Crippen molar-refractivity contribution in [1.82, 2.24) is 9.97 Å². The first-order valence-corrected chi connectivity index (χ1v) is 5.71. The Morgan fingerprint density at radius 2 is 1.79 bits per heavy atom. The van der Waals surface area contributed by atoms with Gasteiger partial charge in [-0.15, -0.1) is 0 Å². The van der Waals surface area contributed by atoms with Gasteiger partial charge in [0.25, 0.3) is 0 Å². The van der Waals surface area contributed by atoms with E-state index >= 15 is 0 Å². The average molecular weight is 258 g/mol. The molecule has 0 saturated heterocycles. The first-order chi connectivity index (χ1) is 9.15. The summed E-state index contributed by atoms with van der Waals surface area (Å²) in [7, 11) is 3.07. The van der Waals surface area contributed by atoms with Crippen molar-refractivity contribution in [3.63, 3.8) is 0 Å². The summed E-state index contributed by atoms with van der Waals surface area (Å²) in [4.78, 5) is 19.8. The lowest BCUT2D eigenvalue weighted by Gasteiger charge is -2.09. The zero-order valence-corrected chi connectivity index (χ0v) is 11.0. The molecule has 0 aliphatic rings. The number of aromatic nitrogens is 2. The van der Waals surface area contributed by atoms with E-state index in [1.54, 1.807) is 31.6 Å². The number of carbonyl (C=O) groups excluding carboxylic acids is 1. The molecule has 0 N–H and O–H groups in total. The number of benzene rings is 1. The highest BCUT2D eigenvalue weighted by molar-refractivity contribution is 6.01. The molecule has 0 saturated carbocycles. The van der Waals surface area contributed by atoms with Crippen LogP contribution in [-0.4, -0.2) is 30.0 Å². The van der Waals surface area contributed by atoms with Crippen LogP contribution in [0.2, 0.25) is 0 Å². The Hall–Kier alpha value is -2.43. The summed E-state index contributed by atoms with van der Waals surface area (Å²) in [5.41, 5.74) is 2.11. The zero-order chi connectivity index (χ0) is 13.8. The van der Waals surface area contributed by atoms with Crippen LogP contribution in [0.4, 0.5) is 0 Å². The quantitative estimate of drug-likeness (QED) is 0.788. The highest BCUT2D eigenvalue weighted by Crippen LogP contribution is 2.27.